The number of thioether (sulfide) groups is 1. The molecule has 0 atom stereocenters. The van der Waals surface area contributed by atoms with E-state index < -0.39 is 0 Å². The lowest BCUT2D eigenvalue weighted by Crippen LogP contribution is -1.89. The van der Waals surface area contributed by atoms with Gasteiger partial charge in [0.15, 0.2) is 0 Å². The summed E-state index contributed by atoms with van der Waals surface area (Å²) in [6.45, 7) is 4.38. The number of hydrogen-bond donors (Lipinski definition) is 0. The van der Waals surface area contributed by atoms with Crippen molar-refractivity contribution in [3.63, 3.8) is 0 Å². The van der Waals surface area contributed by atoms with Crippen molar-refractivity contribution in [2.24, 2.45) is 0 Å². The van der Waals surface area contributed by atoms with Crippen molar-refractivity contribution >= 4 is 39.3 Å². The first-order chi connectivity index (χ1) is 6.09. The molecule has 1 rings (SSSR count). The SMILES string of the molecule is CC(C)SCc1ccc(Br)cc1Cl. The Balaban J connectivity index is 2.67. The molecule has 0 radical (unpaired) electrons. The van der Waals surface area contributed by atoms with Gasteiger partial charge in [0.05, 0.1) is 0 Å². The fourth-order valence-corrected chi connectivity index (χ4v) is 2.48. The maximum atomic E-state index is 6.07. The summed E-state index contributed by atoms with van der Waals surface area (Å²) in [6, 6.07) is 6.04. The van der Waals surface area contributed by atoms with Gasteiger partial charge < -0.3 is 0 Å². The topological polar surface area (TPSA) is 0 Å². The third-order valence-electron chi connectivity index (χ3n) is 1.59. The lowest BCUT2D eigenvalue weighted by atomic mass is 10.2. The summed E-state index contributed by atoms with van der Waals surface area (Å²) < 4.78 is 1.04. The van der Waals surface area contributed by atoms with Crippen molar-refractivity contribution in [1.82, 2.24) is 0 Å². The molecule has 0 aliphatic rings. The number of halogens is 2. The minimum Gasteiger partial charge on any atom is -0.154 e. The van der Waals surface area contributed by atoms with Gasteiger partial charge in [-0.3, -0.25) is 0 Å². The van der Waals surface area contributed by atoms with Crippen LogP contribution in [-0.4, -0.2) is 5.25 Å². The van der Waals surface area contributed by atoms with Crippen LogP contribution in [0.4, 0.5) is 0 Å². The van der Waals surface area contributed by atoms with Crippen LogP contribution >= 0.6 is 39.3 Å². The summed E-state index contributed by atoms with van der Waals surface area (Å²) in [6.07, 6.45) is 0. The van der Waals surface area contributed by atoms with E-state index in [1.165, 1.54) is 5.56 Å². The Kier molecular flexibility index (Phi) is 4.63. The van der Waals surface area contributed by atoms with E-state index in [1.807, 2.05) is 23.9 Å². The van der Waals surface area contributed by atoms with Crippen LogP contribution < -0.4 is 0 Å². The Morgan fingerprint density at radius 2 is 2.15 bits per heavy atom. The molecule has 0 aliphatic heterocycles. The lowest BCUT2D eigenvalue weighted by molar-refractivity contribution is 1.11. The van der Waals surface area contributed by atoms with Crippen LogP contribution in [-0.2, 0) is 5.75 Å². The van der Waals surface area contributed by atoms with Crippen LogP contribution in [0.25, 0.3) is 0 Å². The molecule has 0 amide bonds. The van der Waals surface area contributed by atoms with E-state index in [0.29, 0.717) is 5.25 Å². The lowest BCUT2D eigenvalue weighted by Gasteiger charge is -2.06. The highest BCUT2D eigenvalue weighted by Crippen LogP contribution is 2.26. The Morgan fingerprint density at radius 1 is 1.46 bits per heavy atom. The van der Waals surface area contributed by atoms with E-state index in [4.69, 9.17) is 11.6 Å². The summed E-state index contributed by atoms with van der Waals surface area (Å²) in [7, 11) is 0. The van der Waals surface area contributed by atoms with E-state index in [9.17, 15) is 0 Å². The van der Waals surface area contributed by atoms with Crippen LogP contribution in [0.1, 0.15) is 19.4 Å². The molecule has 0 bridgehead atoms. The van der Waals surface area contributed by atoms with Crippen molar-refractivity contribution < 1.29 is 0 Å². The summed E-state index contributed by atoms with van der Waals surface area (Å²) in [5.41, 5.74) is 1.21. The summed E-state index contributed by atoms with van der Waals surface area (Å²) in [5, 5.41) is 1.50. The molecule has 0 spiro atoms. The molecular weight excluding hydrogens is 268 g/mol. The van der Waals surface area contributed by atoms with Gasteiger partial charge in [0.2, 0.25) is 0 Å². The second kappa shape index (κ2) is 5.28. The zero-order valence-corrected chi connectivity index (χ0v) is 10.8. The monoisotopic (exact) mass is 278 g/mol. The second-order valence-electron chi connectivity index (χ2n) is 3.10. The first kappa shape index (κ1) is 11.4. The fourth-order valence-electron chi connectivity index (χ4n) is 0.895. The molecule has 0 aliphatic carbocycles. The Bertz CT molecular complexity index is 286. The highest BCUT2D eigenvalue weighted by molar-refractivity contribution is 9.10. The van der Waals surface area contributed by atoms with Gasteiger partial charge in [0.25, 0.3) is 0 Å². The van der Waals surface area contributed by atoms with Crippen LogP contribution in [0.15, 0.2) is 22.7 Å². The molecule has 0 unspecified atom stereocenters. The minimum absolute atomic E-state index is 0.653. The van der Waals surface area contributed by atoms with Gasteiger partial charge in [0, 0.05) is 15.2 Å². The number of rotatable bonds is 3. The molecule has 0 fully saturated rings. The van der Waals surface area contributed by atoms with Crippen molar-refractivity contribution in [2.75, 3.05) is 0 Å². The Hall–Kier alpha value is 0.340. The molecule has 0 heterocycles. The highest BCUT2D eigenvalue weighted by Gasteiger charge is 2.02. The van der Waals surface area contributed by atoms with Gasteiger partial charge in [0.1, 0.15) is 0 Å². The molecule has 0 nitrogen and oxygen atoms in total. The van der Waals surface area contributed by atoms with E-state index in [-0.39, 0.29) is 0 Å². The Labute approximate surface area is 97.2 Å². The van der Waals surface area contributed by atoms with Gasteiger partial charge in [-0.25, -0.2) is 0 Å². The van der Waals surface area contributed by atoms with Crippen molar-refractivity contribution in [3.05, 3.63) is 33.3 Å². The minimum atomic E-state index is 0.653. The van der Waals surface area contributed by atoms with Crippen molar-refractivity contribution in [3.8, 4) is 0 Å². The van der Waals surface area contributed by atoms with Crippen molar-refractivity contribution in [1.29, 1.82) is 0 Å². The summed E-state index contributed by atoms with van der Waals surface area (Å²) in [4.78, 5) is 0. The zero-order valence-electron chi connectivity index (χ0n) is 7.68. The maximum Gasteiger partial charge on any atom is 0.0457 e. The standard InChI is InChI=1S/C10H12BrClS/c1-7(2)13-6-8-3-4-9(11)5-10(8)12/h3-5,7H,6H2,1-2H3. The largest absolute Gasteiger partial charge is 0.154 e. The predicted molar refractivity (Wildman–Crippen MR) is 65.6 cm³/mol. The molecule has 0 saturated heterocycles. The molecule has 1 aromatic rings. The van der Waals surface area contributed by atoms with Crippen LogP contribution in [0.5, 0.6) is 0 Å². The average molecular weight is 280 g/mol. The van der Waals surface area contributed by atoms with E-state index in [2.05, 4.69) is 35.8 Å². The normalized spacial score (nSPS) is 10.8. The van der Waals surface area contributed by atoms with Gasteiger partial charge >= 0.3 is 0 Å². The smallest absolute Gasteiger partial charge is 0.0457 e. The van der Waals surface area contributed by atoms with E-state index in [1.54, 1.807) is 0 Å². The molecule has 13 heavy (non-hydrogen) atoms. The second-order valence-corrected chi connectivity index (χ2v) is 5.98. The molecule has 72 valence electrons. The Morgan fingerprint density at radius 3 is 2.69 bits per heavy atom. The molecule has 3 heteroatoms. The number of benzene rings is 1. The quantitative estimate of drug-likeness (QED) is 0.770. The van der Waals surface area contributed by atoms with E-state index >= 15 is 0 Å². The van der Waals surface area contributed by atoms with Gasteiger partial charge in [-0.1, -0.05) is 47.4 Å². The first-order valence-electron chi connectivity index (χ1n) is 4.15. The molecule has 0 aromatic heterocycles. The highest BCUT2D eigenvalue weighted by atomic mass is 79.9. The van der Waals surface area contributed by atoms with Crippen LogP contribution in [0.2, 0.25) is 5.02 Å². The summed E-state index contributed by atoms with van der Waals surface area (Å²) >= 11 is 11.4. The van der Waals surface area contributed by atoms with Gasteiger partial charge in [-0.05, 0) is 22.9 Å². The number of hydrogen-bond acceptors (Lipinski definition) is 1. The first-order valence-corrected chi connectivity index (χ1v) is 6.37. The fraction of sp³-hybridized carbons (Fsp3) is 0.400. The molecular formula is C10H12BrClS. The third kappa shape index (κ3) is 3.92. The third-order valence-corrected chi connectivity index (χ3v) is 3.58. The van der Waals surface area contributed by atoms with Crippen molar-refractivity contribution in [2.45, 2.75) is 24.9 Å². The van der Waals surface area contributed by atoms with Crippen LogP contribution in [0.3, 0.4) is 0 Å². The van der Waals surface area contributed by atoms with Gasteiger partial charge in [-0.15, -0.1) is 0 Å². The summed E-state index contributed by atoms with van der Waals surface area (Å²) in [5.74, 6) is 0.990. The molecule has 0 saturated carbocycles. The maximum absolute atomic E-state index is 6.07. The van der Waals surface area contributed by atoms with Gasteiger partial charge in [-0.2, -0.15) is 11.8 Å². The van der Waals surface area contributed by atoms with Crippen LogP contribution in [0, 0.1) is 0 Å². The predicted octanol–water partition coefficient (Wildman–Crippen LogP) is 4.74. The average Bonchev–Trinajstić information content (AvgIpc) is 2.02. The van der Waals surface area contributed by atoms with E-state index in [0.717, 1.165) is 15.2 Å². The molecule has 0 N–H and O–H groups in total. The molecule has 1 aromatic carbocycles. The zero-order chi connectivity index (χ0) is 9.84.